The largest absolute Gasteiger partial charge is 0.467 e. The number of hydroxylamine groups is 1. The van der Waals surface area contributed by atoms with E-state index in [1.165, 1.54) is 30.2 Å². The molecule has 0 spiro atoms. The number of esters is 1. The van der Waals surface area contributed by atoms with Gasteiger partial charge in [0.1, 0.15) is 11.6 Å². The Morgan fingerprint density at radius 1 is 1.26 bits per heavy atom. The highest BCUT2D eigenvalue weighted by Crippen LogP contribution is 2.40. The van der Waals surface area contributed by atoms with E-state index >= 15 is 0 Å². The average molecular weight is 545 g/mol. The average Bonchev–Trinajstić information content (AvgIpc) is 3.28. The van der Waals surface area contributed by atoms with Crippen molar-refractivity contribution in [1.29, 1.82) is 0 Å². The molecule has 9 nitrogen and oxygen atoms in total. The number of hydrogen-bond acceptors (Lipinski definition) is 8. The van der Waals surface area contributed by atoms with Crippen molar-refractivity contribution in [1.82, 2.24) is 4.90 Å². The summed E-state index contributed by atoms with van der Waals surface area (Å²) in [6, 6.07) is 8.03. The lowest BCUT2D eigenvalue weighted by molar-refractivity contribution is -0.146. The van der Waals surface area contributed by atoms with E-state index in [9.17, 15) is 19.1 Å². The van der Waals surface area contributed by atoms with Gasteiger partial charge in [-0.15, -0.1) is 0 Å². The van der Waals surface area contributed by atoms with Crippen LogP contribution >= 0.6 is 0 Å². The smallest absolute Gasteiger partial charge is 0.333 e. The van der Waals surface area contributed by atoms with Crippen molar-refractivity contribution in [2.24, 2.45) is 0 Å². The van der Waals surface area contributed by atoms with Crippen LogP contribution in [0.2, 0.25) is 0 Å². The van der Waals surface area contributed by atoms with E-state index in [0.29, 0.717) is 49.4 Å². The summed E-state index contributed by atoms with van der Waals surface area (Å²) in [6.45, 7) is 3.64. The number of rotatable bonds is 13. The number of amides is 1. The van der Waals surface area contributed by atoms with Crippen molar-refractivity contribution in [2.45, 2.75) is 64.3 Å². The predicted octanol–water partition coefficient (Wildman–Crippen LogP) is 4.52. The van der Waals surface area contributed by atoms with Gasteiger partial charge in [0.25, 0.3) is 5.91 Å². The molecule has 10 heteroatoms. The summed E-state index contributed by atoms with van der Waals surface area (Å²) >= 11 is 0. The van der Waals surface area contributed by atoms with E-state index in [-0.39, 0.29) is 30.4 Å². The van der Waals surface area contributed by atoms with Crippen LogP contribution in [0.3, 0.4) is 0 Å². The van der Waals surface area contributed by atoms with Crippen LogP contribution in [0.4, 0.5) is 10.1 Å². The monoisotopic (exact) mass is 544 g/mol. The third-order valence-electron chi connectivity index (χ3n) is 6.90. The van der Waals surface area contributed by atoms with Gasteiger partial charge in [0.2, 0.25) is 0 Å². The molecule has 39 heavy (non-hydrogen) atoms. The number of carbonyl (C=O) groups is 2. The Morgan fingerprint density at radius 2 is 2.10 bits per heavy atom. The fourth-order valence-corrected chi connectivity index (χ4v) is 4.90. The normalized spacial score (nSPS) is 17.6. The van der Waals surface area contributed by atoms with Crippen molar-refractivity contribution in [2.75, 3.05) is 38.5 Å². The summed E-state index contributed by atoms with van der Waals surface area (Å²) in [5, 5.41) is 11.0. The molecule has 2 atom stereocenters. The molecular formula is C29H37FN2O7. The first kappa shape index (κ1) is 28.8. The van der Waals surface area contributed by atoms with Gasteiger partial charge in [0, 0.05) is 36.3 Å². The molecule has 0 radical (unpaired) electrons. The summed E-state index contributed by atoms with van der Waals surface area (Å²) in [5.74, 6) is -1.39. The first-order valence-corrected chi connectivity index (χ1v) is 13.6. The number of fused-ring (bicyclic) bond motifs is 1. The molecule has 1 fully saturated rings. The molecule has 2 heterocycles. The Hall–Kier alpha value is -3.21. The third-order valence-corrected chi connectivity index (χ3v) is 6.90. The highest BCUT2D eigenvalue weighted by molar-refractivity contribution is 6.02. The summed E-state index contributed by atoms with van der Waals surface area (Å²) in [4.78, 5) is 34.3. The second-order valence-corrected chi connectivity index (χ2v) is 9.62. The van der Waals surface area contributed by atoms with Crippen LogP contribution in [0, 0.1) is 5.82 Å². The Kier molecular flexibility index (Phi) is 10.1. The summed E-state index contributed by atoms with van der Waals surface area (Å²) in [7, 11) is 1.24. The second-order valence-electron chi connectivity index (χ2n) is 9.62. The van der Waals surface area contributed by atoms with Gasteiger partial charge in [0.05, 0.1) is 32.6 Å². The Morgan fingerprint density at radius 3 is 2.82 bits per heavy atom. The quantitative estimate of drug-likeness (QED) is 0.223. The van der Waals surface area contributed by atoms with E-state index in [0.717, 1.165) is 25.7 Å². The van der Waals surface area contributed by atoms with Crippen molar-refractivity contribution in [3.63, 3.8) is 0 Å². The van der Waals surface area contributed by atoms with Crippen LogP contribution in [-0.4, -0.2) is 61.6 Å². The fourth-order valence-electron chi connectivity index (χ4n) is 4.90. The maximum Gasteiger partial charge on any atom is 0.333 e. The molecule has 2 aliphatic rings. The maximum atomic E-state index is 14.6. The first-order valence-electron chi connectivity index (χ1n) is 13.6. The van der Waals surface area contributed by atoms with Crippen LogP contribution in [0.15, 0.2) is 36.4 Å². The molecule has 212 valence electrons. The molecule has 0 saturated carbocycles. The molecule has 1 saturated heterocycles. The minimum Gasteiger partial charge on any atom is -0.467 e. The zero-order chi connectivity index (χ0) is 27.8. The van der Waals surface area contributed by atoms with Crippen LogP contribution in [0.5, 0.6) is 5.75 Å². The van der Waals surface area contributed by atoms with Gasteiger partial charge in [0.15, 0.2) is 12.3 Å². The van der Waals surface area contributed by atoms with Crippen molar-refractivity contribution in [3.05, 3.63) is 58.9 Å². The Balaban J connectivity index is 1.69. The third kappa shape index (κ3) is 6.69. The zero-order valence-electron chi connectivity index (χ0n) is 22.6. The van der Waals surface area contributed by atoms with Crippen LogP contribution in [0.25, 0.3) is 0 Å². The number of anilines is 1. The molecule has 2 aliphatic heterocycles. The lowest BCUT2D eigenvalue weighted by Crippen LogP contribution is -2.36. The van der Waals surface area contributed by atoms with E-state index in [1.54, 1.807) is 17.2 Å². The Labute approximate surface area is 228 Å². The van der Waals surface area contributed by atoms with E-state index < -0.39 is 24.1 Å². The number of halogens is 1. The minimum atomic E-state index is -1.24. The number of carbonyl (C=O) groups excluding carboxylic acids is 2. The number of hydrogen-bond donors (Lipinski definition) is 1. The molecular weight excluding hydrogens is 507 g/mol. The van der Waals surface area contributed by atoms with Crippen LogP contribution < -0.4 is 9.80 Å². The Bertz CT molecular complexity index is 1140. The first-order chi connectivity index (χ1) is 19.0. The number of aliphatic hydroxyl groups is 1. The number of nitrogens with zero attached hydrogens (tertiary/aromatic N) is 2. The van der Waals surface area contributed by atoms with Gasteiger partial charge in [-0.25, -0.2) is 9.18 Å². The molecule has 1 N–H and O–H groups in total. The summed E-state index contributed by atoms with van der Waals surface area (Å²) in [5.41, 5.74) is 2.04. The number of benzene rings is 2. The summed E-state index contributed by atoms with van der Waals surface area (Å²) < 4.78 is 31.4. The molecule has 2 aromatic rings. The van der Waals surface area contributed by atoms with Crippen molar-refractivity contribution >= 4 is 17.6 Å². The number of methoxy groups -OCH3 is 1. The van der Waals surface area contributed by atoms with Gasteiger partial charge >= 0.3 is 5.97 Å². The van der Waals surface area contributed by atoms with Crippen molar-refractivity contribution < 1.29 is 38.1 Å². The van der Waals surface area contributed by atoms with Gasteiger partial charge in [-0.3, -0.25) is 14.7 Å². The zero-order valence-corrected chi connectivity index (χ0v) is 22.6. The second kappa shape index (κ2) is 13.7. The molecule has 0 aliphatic carbocycles. The number of aliphatic hydroxyl groups excluding tert-OH is 1. The van der Waals surface area contributed by atoms with Crippen LogP contribution in [-0.2, 0) is 25.7 Å². The molecule has 0 bridgehead atoms. The van der Waals surface area contributed by atoms with Gasteiger partial charge in [-0.1, -0.05) is 19.4 Å². The molecule has 4 rings (SSSR count). The maximum absolute atomic E-state index is 14.6. The standard InChI is InChI=1S/C29H37FN2O7/c1-3-4-14-32(38-17-8-15-33)24-10-7-9-21-23(24)19-31(28(21)34)27(29(35)36-2)22-18-20(30)12-13-25(22)39-26-11-5-6-16-37-26/h7,9-10,12-13,18,26-27,33H,3-6,8,11,14-17,19H2,1-2H3. The predicted molar refractivity (Wildman–Crippen MR) is 142 cm³/mol. The van der Waals surface area contributed by atoms with Crippen LogP contribution in [0.1, 0.15) is 73.0 Å². The minimum absolute atomic E-state index is 0.00548. The van der Waals surface area contributed by atoms with E-state index in [4.69, 9.17) is 19.0 Å². The SMILES string of the molecule is CCCCN(OCCCO)c1cccc2c1CN(C(C(=O)OC)c1cc(F)ccc1OC1CCCCO1)C2=O. The molecule has 2 aromatic carbocycles. The lowest BCUT2D eigenvalue weighted by atomic mass is 10.0. The lowest BCUT2D eigenvalue weighted by Gasteiger charge is -2.30. The molecule has 2 unspecified atom stereocenters. The highest BCUT2D eigenvalue weighted by atomic mass is 19.1. The molecule has 0 aromatic heterocycles. The fraction of sp³-hybridized carbons (Fsp3) is 0.517. The molecule has 1 amide bonds. The van der Waals surface area contributed by atoms with Gasteiger partial charge in [-0.2, -0.15) is 0 Å². The highest BCUT2D eigenvalue weighted by Gasteiger charge is 2.41. The van der Waals surface area contributed by atoms with Crippen molar-refractivity contribution in [3.8, 4) is 5.75 Å². The summed E-state index contributed by atoms with van der Waals surface area (Å²) in [6.07, 6.45) is 4.28. The van der Waals surface area contributed by atoms with E-state index in [1.807, 2.05) is 6.07 Å². The van der Waals surface area contributed by atoms with Gasteiger partial charge < -0.3 is 24.2 Å². The topological polar surface area (TPSA) is 97.8 Å². The number of unbranched alkanes of at least 4 members (excludes halogenated alkanes) is 1. The van der Waals surface area contributed by atoms with E-state index in [2.05, 4.69) is 6.92 Å². The van der Waals surface area contributed by atoms with Gasteiger partial charge in [-0.05, 0) is 56.0 Å². The number of ether oxygens (including phenoxy) is 3.